The van der Waals surface area contributed by atoms with Gasteiger partial charge in [0.15, 0.2) is 11.5 Å². The fourth-order valence-electron chi connectivity index (χ4n) is 4.16. The number of ketones is 1. The Kier molecular flexibility index (Phi) is 4.58. The van der Waals surface area contributed by atoms with Gasteiger partial charge in [-0.05, 0) is 42.7 Å². The first-order chi connectivity index (χ1) is 14.6. The van der Waals surface area contributed by atoms with Crippen LogP contribution in [0.2, 0.25) is 0 Å². The van der Waals surface area contributed by atoms with Gasteiger partial charge in [-0.25, -0.2) is 0 Å². The Morgan fingerprint density at radius 2 is 1.70 bits per heavy atom. The molecule has 0 radical (unpaired) electrons. The normalized spacial score (nSPS) is 16.4. The van der Waals surface area contributed by atoms with Gasteiger partial charge in [0.05, 0.1) is 11.1 Å². The van der Waals surface area contributed by atoms with E-state index in [0.717, 1.165) is 29.0 Å². The van der Waals surface area contributed by atoms with Crippen LogP contribution in [0.25, 0.3) is 0 Å². The minimum absolute atomic E-state index is 0.0378. The van der Waals surface area contributed by atoms with E-state index in [2.05, 4.69) is 4.99 Å². The van der Waals surface area contributed by atoms with Gasteiger partial charge >= 0.3 is 0 Å². The van der Waals surface area contributed by atoms with Crippen LogP contribution in [0.4, 0.5) is 0 Å². The van der Waals surface area contributed by atoms with Crippen LogP contribution in [-0.2, 0) is 11.2 Å². The van der Waals surface area contributed by atoms with Crippen molar-refractivity contribution in [2.45, 2.75) is 25.7 Å². The minimum atomic E-state index is -0.287. The second kappa shape index (κ2) is 7.40. The van der Waals surface area contributed by atoms with Gasteiger partial charge < -0.3 is 9.47 Å². The molecule has 2 amide bonds. The van der Waals surface area contributed by atoms with Crippen LogP contribution in [-0.4, -0.2) is 48.1 Å². The van der Waals surface area contributed by atoms with Gasteiger partial charge in [-0.3, -0.25) is 24.3 Å². The van der Waals surface area contributed by atoms with E-state index in [0.29, 0.717) is 29.8 Å². The summed E-state index contributed by atoms with van der Waals surface area (Å²) in [6.07, 6.45) is 1.76. The van der Waals surface area contributed by atoms with Gasteiger partial charge in [0, 0.05) is 37.2 Å². The molecule has 5 rings (SSSR count). The molecule has 0 bridgehead atoms. The molecule has 3 heterocycles. The lowest BCUT2D eigenvalue weighted by Gasteiger charge is -2.17. The van der Waals surface area contributed by atoms with E-state index in [4.69, 9.17) is 9.47 Å². The summed E-state index contributed by atoms with van der Waals surface area (Å²) < 4.78 is 10.9. The highest BCUT2D eigenvalue weighted by Crippen LogP contribution is 2.36. The number of benzene rings is 2. The molecular formula is C23H20N2O5. The summed E-state index contributed by atoms with van der Waals surface area (Å²) in [6.45, 7) is 1.09. The van der Waals surface area contributed by atoms with Crippen LogP contribution in [0.1, 0.15) is 51.1 Å². The number of carbonyl (C=O) groups excluding carboxylic acids is 3. The standard InChI is InChI=1S/C23H20N2O5/c26-15(4-3-9-25-22(27)16-5-1-2-6-17(16)23(25)28)11-19-18-12-21-20(29-13-30-21)10-14(18)7-8-24-19/h1-2,5-6,10,12H,3-4,7-9,11,13H2. The van der Waals surface area contributed by atoms with Crippen molar-refractivity contribution in [2.75, 3.05) is 19.9 Å². The first-order valence-corrected chi connectivity index (χ1v) is 10.0. The van der Waals surface area contributed by atoms with E-state index in [1.165, 1.54) is 4.90 Å². The fraction of sp³-hybridized carbons (Fsp3) is 0.304. The summed E-state index contributed by atoms with van der Waals surface area (Å²) >= 11 is 0. The smallest absolute Gasteiger partial charge is 0.261 e. The van der Waals surface area contributed by atoms with E-state index < -0.39 is 0 Å². The van der Waals surface area contributed by atoms with E-state index >= 15 is 0 Å². The van der Waals surface area contributed by atoms with E-state index in [1.807, 2.05) is 12.1 Å². The Morgan fingerprint density at radius 1 is 1.00 bits per heavy atom. The topological polar surface area (TPSA) is 85.3 Å². The number of carbonyl (C=O) groups is 3. The highest BCUT2D eigenvalue weighted by atomic mass is 16.7. The first-order valence-electron chi connectivity index (χ1n) is 10.0. The molecule has 0 spiro atoms. The second-order valence-corrected chi connectivity index (χ2v) is 7.57. The van der Waals surface area contributed by atoms with Crippen molar-refractivity contribution < 1.29 is 23.9 Å². The lowest BCUT2D eigenvalue weighted by atomic mass is 9.93. The average Bonchev–Trinajstić information content (AvgIpc) is 3.30. The molecule has 30 heavy (non-hydrogen) atoms. The van der Waals surface area contributed by atoms with E-state index in [1.54, 1.807) is 24.3 Å². The van der Waals surface area contributed by atoms with Crippen LogP contribution in [0.5, 0.6) is 11.5 Å². The zero-order chi connectivity index (χ0) is 20.7. The summed E-state index contributed by atoms with van der Waals surface area (Å²) in [5.41, 5.74) is 3.68. The summed E-state index contributed by atoms with van der Waals surface area (Å²) in [4.78, 5) is 43.2. The minimum Gasteiger partial charge on any atom is -0.454 e. The molecule has 0 aliphatic carbocycles. The van der Waals surface area contributed by atoms with Crippen molar-refractivity contribution in [1.29, 1.82) is 0 Å². The molecule has 0 N–H and O–H groups in total. The molecule has 7 nitrogen and oxygen atoms in total. The number of fused-ring (bicyclic) bond motifs is 3. The zero-order valence-electron chi connectivity index (χ0n) is 16.3. The Morgan fingerprint density at radius 3 is 2.43 bits per heavy atom. The van der Waals surface area contributed by atoms with Crippen molar-refractivity contribution in [3.05, 3.63) is 58.7 Å². The number of amides is 2. The monoisotopic (exact) mass is 404 g/mol. The van der Waals surface area contributed by atoms with Gasteiger partial charge in [-0.1, -0.05) is 12.1 Å². The maximum absolute atomic E-state index is 12.6. The third-order valence-corrected chi connectivity index (χ3v) is 5.67. The number of ether oxygens (including phenoxy) is 2. The number of nitrogens with zero attached hydrogens (tertiary/aromatic N) is 2. The van der Waals surface area contributed by atoms with Gasteiger partial charge in [0.2, 0.25) is 6.79 Å². The number of hydrogen-bond acceptors (Lipinski definition) is 6. The number of Topliss-reactive ketones (excluding diaryl/α,β-unsaturated/α-hetero) is 1. The van der Waals surface area contributed by atoms with E-state index in [9.17, 15) is 14.4 Å². The number of rotatable bonds is 6. The Bertz CT molecular complexity index is 1070. The van der Waals surface area contributed by atoms with Crippen molar-refractivity contribution >= 4 is 23.3 Å². The highest BCUT2D eigenvalue weighted by Gasteiger charge is 2.34. The largest absolute Gasteiger partial charge is 0.454 e. The predicted octanol–water partition coefficient (Wildman–Crippen LogP) is 2.80. The molecule has 3 aliphatic rings. The molecule has 7 heteroatoms. The molecule has 0 atom stereocenters. The number of aliphatic imine (C=N–C) groups is 1. The third kappa shape index (κ3) is 3.16. The average molecular weight is 404 g/mol. The molecule has 0 saturated heterocycles. The second-order valence-electron chi connectivity index (χ2n) is 7.57. The van der Waals surface area contributed by atoms with Gasteiger partial charge in [0.1, 0.15) is 5.78 Å². The van der Waals surface area contributed by atoms with Crippen LogP contribution in [0.3, 0.4) is 0 Å². The Balaban J connectivity index is 1.20. The summed E-state index contributed by atoms with van der Waals surface area (Å²) in [6, 6.07) is 10.7. The van der Waals surface area contributed by atoms with Crippen LogP contribution in [0.15, 0.2) is 41.4 Å². The molecule has 2 aromatic rings. The van der Waals surface area contributed by atoms with Gasteiger partial charge in [-0.2, -0.15) is 0 Å². The lowest BCUT2D eigenvalue weighted by molar-refractivity contribution is -0.118. The fourth-order valence-corrected chi connectivity index (χ4v) is 4.16. The SMILES string of the molecule is O=C(CCCN1C(=O)c2ccccc2C1=O)CC1=NCCc2cc3c(cc21)OCO3. The molecule has 0 aromatic heterocycles. The highest BCUT2D eigenvalue weighted by molar-refractivity contribution is 6.21. The molecule has 152 valence electrons. The molecule has 0 unspecified atom stereocenters. The molecule has 0 saturated carbocycles. The molecule has 0 fully saturated rings. The van der Waals surface area contributed by atoms with Crippen LogP contribution >= 0.6 is 0 Å². The van der Waals surface area contributed by atoms with Crippen LogP contribution in [0, 0.1) is 0 Å². The summed E-state index contributed by atoms with van der Waals surface area (Å²) in [5.74, 6) is 0.883. The first kappa shape index (κ1) is 18.5. The Labute approximate surface area is 173 Å². The predicted molar refractivity (Wildman–Crippen MR) is 108 cm³/mol. The van der Waals surface area contributed by atoms with Crippen molar-refractivity contribution in [3.63, 3.8) is 0 Å². The van der Waals surface area contributed by atoms with Crippen molar-refractivity contribution in [3.8, 4) is 11.5 Å². The van der Waals surface area contributed by atoms with Crippen LogP contribution < -0.4 is 9.47 Å². The van der Waals surface area contributed by atoms with Crippen molar-refractivity contribution in [1.82, 2.24) is 4.90 Å². The van der Waals surface area contributed by atoms with Gasteiger partial charge in [0.25, 0.3) is 11.8 Å². The maximum Gasteiger partial charge on any atom is 0.261 e. The Hall–Kier alpha value is -3.48. The zero-order valence-corrected chi connectivity index (χ0v) is 16.3. The molecule has 3 aliphatic heterocycles. The maximum atomic E-state index is 12.6. The lowest BCUT2D eigenvalue weighted by Crippen LogP contribution is -2.31. The third-order valence-electron chi connectivity index (χ3n) is 5.67. The number of hydrogen-bond donors (Lipinski definition) is 0. The van der Waals surface area contributed by atoms with Gasteiger partial charge in [-0.15, -0.1) is 0 Å². The summed E-state index contributed by atoms with van der Waals surface area (Å²) in [5, 5.41) is 0. The molecule has 2 aromatic carbocycles. The quantitative estimate of drug-likeness (QED) is 0.691. The summed E-state index contributed by atoms with van der Waals surface area (Å²) in [7, 11) is 0. The number of imide groups is 1. The van der Waals surface area contributed by atoms with E-state index in [-0.39, 0.29) is 43.8 Å². The van der Waals surface area contributed by atoms with Crippen molar-refractivity contribution in [2.24, 2.45) is 4.99 Å². The molecular weight excluding hydrogens is 384 g/mol.